The van der Waals surface area contributed by atoms with Gasteiger partial charge >= 0.3 is 6.01 Å². The number of aromatic nitrogens is 3. The lowest BCUT2D eigenvalue weighted by Gasteiger charge is -2.27. The highest BCUT2D eigenvalue weighted by Gasteiger charge is 2.20. The van der Waals surface area contributed by atoms with Crippen LogP contribution in [0, 0.1) is 11.8 Å². The van der Waals surface area contributed by atoms with Crippen LogP contribution in [0.2, 0.25) is 0 Å². The Morgan fingerprint density at radius 1 is 1.10 bits per heavy atom. The zero-order valence-electron chi connectivity index (χ0n) is 12.2. The number of hydrazine groups is 1. The Hall–Kier alpha value is -1.63. The summed E-state index contributed by atoms with van der Waals surface area (Å²) in [6.45, 7) is 3.16. The van der Waals surface area contributed by atoms with Gasteiger partial charge in [-0.2, -0.15) is 15.0 Å². The van der Waals surface area contributed by atoms with Crippen molar-refractivity contribution in [3.8, 4) is 6.01 Å². The molecule has 0 aromatic carbocycles. The monoisotopic (exact) mass is 280 g/mol. The molecule has 0 amide bonds. The molecule has 0 spiro atoms. The van der Waals surface area contributed by atoms with E-state index < -0.39 is 0 Å². The molecule has 0 aliphatic heterocycles. The molecule has 7 nitrogen and oxygen atoms in total. The Morgan fingerprint density at radius 3 is 2.35 bits per heavy atom. The van der Waals surface area contributed by atoms with Crippen LogP contribution >= 0.6 is 0 Å². The van der Waals surface area contributed by atoms with Crippen molar-refractivity contribution in [1.29, 1.82) is 0 Å². The summed E-state index contributed by atoms with van der Waals surface area (Å²) in [6, 6.07) is 0.255. The van der Waals surface area contributed by atoms with Gasteiger partial charge in [0.2, 0.25) is 11.9 Å². The summed E-state index contributed by atoms with van der Waals surface area (Å²) >= 11 is 0. The first-order valence-corrected chi connectivity index (χ1v) is 7.25. The van der Waals surface area contributed by atoms with Crippen molar-refractivity contribution in [2.24, 2.45) is 17.7 Å². The van der Waals surface area contributed by atoms with Gasteiger partial charge in [0, 0.05) is 6.54 Å². The number of methoxy groups -OCH3 is 1. The largest absolute Gasteiger partial charge is 0.467 e. The van der Waals surface area contributed by atoms with Gasteiger partial charge in [-0.25, -0.2) is 5.84 Å². The fourth-order valence-electron chi connectivity index (χ4n) is 2.67. The van der Waals surface area contributed by atoms with Crippen molar-refractivity contribution in [3.05, 3.63) is 0 Å². The second kappa shape index (κ2) is 7.23. The number of nitrogens with zero attached hydrogens (tertiary/aromatic N) is 3. The average molecular weight is 280 g/mol. The highest BCUT2D eigenvalue weighted by atomic mass is 16.5. The van der Waals surface area contributed by atoms with Crippen LogP contribution in [-0.2, 0) is 0 Å². The molecule has 1 aromatic heterocycles. The first-order chi connectivity index (χ1) is 9.75. The molecule has 0 bridgehead atoms. The number of nitrogens with one attached hydrogen (secondary N) is 2. The fraction of sp³-hybridized carbons (Fsp3) is 0.769. The van der Waals surface area contributed by atoms with Crippen molar-refractivity contribution in [1.82, 2.24) is 15.0 Å². The quantitative estimate of drug-likeness (QED) is 0.540. The van der Waals surface area contributed by atoms with E-state index in [0.717, 1.165) is 12.5 Å². The molecule has 20 heavy (non-hydrogen) atoms. The zero-order chi connectivity index (χ0) is 14.4. The van der Waals surface area contributed by atoms with Crippen LogP contribution in [0.3, 0.4) is 0 Å². The molecule has 1 heterocycles. The van der Waals surface area contributed by atoms with Gasteiger partial charge < -0.3 is 10.1 Å². The third kappa shape index (κ3) is 3.93. The van der Waals surface area contributed by atoms with Crippen LogP contribution in [0.5, 0.6) is 6.01 Å². The number of anilines is 2. The van der Waals surface area contributed by atoms with E-state index in [2.05, 4.69) is 32.6 Å². The van der Waals surface area contributed by atoms with E-state index in [1.54, 1.807) is 0 Å². The molecule has 0 saturated heterocycles. The molecule has 2 rings (SSSR count). The highest BCUT2D eigenvalue weighted by Crippen LogP contribution is 2.30. The van der Waals surface area contributed by atoms with Crippen molar-refractivity contribution >= 4 is 11.9 Å². The van der Waals surface area contributed by atoms with Crippen LogP contribution in [0.15, 0.2) is 0 Å². The molecule has 1 aliphatic carbocycles. The lowest BCUT2D eigenvalue weighted by molar-refractivity contribution is 0.278. The summed E-state index contributed by atoms with van der Waals surface area (Å²) in [7, 11) is 1.52. The lowest BCUT2D eigenvalue weighted by atomic mass is 9.81. The number of rotatable bonds is 6. The SMILES string of the molecule is CCC1CCC(CNc2nc(NN)nc(OC)n2)CC1. The van der Waals surface area contributed by atoms with E-state index >= 15 is 0 Å². The Kier molecular flexibility index (Phi) is 5.34. The number of nitrogens with two attached hydrogens (primary N) is 1. The molecule has 1 aliphatic rings. The highest BCUT2D eigenvalue weighted by molar-refractivity contribution is 5.34. The molecule has 0 unspecified atom stereocenters. The Labute approximate surface area is 119 Å². The smallest absolute Gasteiger partial charge is 0.322 e. The standard InChI is InChI=1S/C13H24N6O/c1-3-9-4-6-10(7-5-9)8-15-11-16-12(19-14)18-13(17-11)20-2/h9-10H,3-8,14H2,1-2H3,(H2,15,16,17,18,19). The van der Waals surface area contributed by atoms with Gasteiger partial charge in [0.25, 0.3) is 0 Å². The molecule has 7 heteroatoms. The number of ether oxygens (including phenoxy) is 1. The first kappa shape index (κ1) is 14.8. The van der Waals surface area contributed by atoms with Crippen LogP contribution in [-0.4, -0.2) is 28.6 Å². The van der Waals surface area contributed by atoms with Crippen LogP contribution in [0.25, 0.3) is 0 Å². The summed E-state index contributed by atoms with van der Waals surface area (Å²) in [5.74, 6) is 7.73. The molecular weight excluding hydrogens is 256 g/mol. The van der Waals surface area contributed by atoms with E-state index in [1.807, 2.05) is 0 Å². The number of nitrogen functional groups attached to an aromatic ring is 1. The minimum absolute atomic E-state index is 0.255. The van der Waals surface area contributed by atoms with Crippen molar-refractivity contribution < 1.29 is 4.74 Å². The van der Waals surface area contributed by atoms with Crippen LogP contribution in [0.4, 0.5) is 11.9 Å². The van der Waals surface area contributed by atoms with Gasteiger partial charge in [-0.1, -0.05) is 26.2 Å². The molecule has 1 fully saturated rings. The number of hydrogen-bond donors (Lipinski definition) is 3. The summed E-state index contributed by atoms with van der Waals surface area (Å²) in [4.78, 5) is 12.3. The lowest BCUT2D eigenvalue weighted by Crippen LogP contribution is -2.22. The summed E-state index contributed by atoms with van der Waals surface area (Å²) in [5, 5.41) is 3.26. The predicted molar refractivity (Wildman–Crippen MR) is 78.4 cm³/mol. The average Bonchev–Trinajstić information content (AvgIpc) is 2.53. The first-order valence-electron chi connectivity index (χ1n) is 7.25. The predicted octanol–water partition coefficient (Wildman–Crippen LogP) is 1.79. The molecule has 1 aromatic rings. The van der Waals surface area contributed by atoms with Crippen molar-refractivity contribution in [2.45, 2.75) is 39.0 Å². The Morgan fingerprint density at radius 2 is 1.75 bits per heavy atom. The van der Waals surface area contributed by atoms with Gasteiger partial charge in [0.05, 0.1) is 7.11 Å². The van der Waals surface area contributed by atoms with Crippen LogP contribution < -0.4 is 21.3 Å². The van der Waals surface area contributed by atoms with Gasteiger partial charge in [0.1, 0.15) is 0 Å². The summed E-state index contributed by atoms with van der Waals surface area (Å²) in [5.41, 5.74) is 2.41. The molecule has 0 radical (unpaired) electrons. The normalized spacial score (nSPS) is 22.4. The minimum Gasteiger partial charge on any atom is -0.467 e. The molecule has 1 saturated carbocycles. The summed E-state index contributed by atoms with van der Waals surface area (Å²) in [6.07, 6.45) is 6.51. The van der Waals surface area contributed by atoms with E-state index in [4.69, 9.17) is 10.6 Å². The van der Waals surface area contributed by atoms with E-state index in [1.165, 1.54) is 39.2 Å². The maximum atomic E-state index is 5.33. The maximum Gasteiger partial charge on any atom is 0.322 e. The third-order valence-corrected chi connectivity index (χ3v) is 4.02. The van der Waals surface area contributed by atoms with Gasteiger partial charge in [-0.15, -0.1) is 0 Å². The maximum absolute atomic E-state index is 5.33. The Bertz CT molecular complexity index is 397. The zero-order valence-corrected chi connectivity index (χ0v) is 12.2. The molecule has 0 atom stereocenters. The van der Waals surface area contributed by atoms with Gasteiger partial charge in [-0.05, 0) is 24.7 Å². The molecular formula is C13H24N6O. The summed E-state index contributed by atoms with van der Waals surface area (Å²) < 4.78 is 5.02. The van der Waals surface area contributed by atoms with Gasteiger partial charge in [0.15, 0.2) is 0 Å². The van der Waals surface area contributed by atoms with Gasteiger partial charge in [-0.3, -0.25) is 5.43 Å². The third-order valence-electron chi connectivity index (χ3n) is 4.02. The molecule has 112 valence electrons. The van der Waals surface area contributed by atoms with Crippen LogP contribution in [0.1, 0.15) is 39.0 Å². The number of hydrogen-bond acceptors (Lipinski definition) is 7. The molecule has 4 N–H and O–H groups in total. The van der Waals surface area contributed by atoms with E-state index in [9.17, 15) is 0 Å². The second-order valence-corrected chi connectivity index (χ2v) is 5.29. The van der Waals surface area contributed by atoms with E-state index in [0.29, 0.717) is 17.8 Å². The Balaban J connectivity index is 1.87. The fourth-order valence-corrected chi connectivity index (χ4v) is 2.67. The minimum atomic E-state index is 0.255. The van der Waals surface area contributed by atoms with Crippen molar-refractivity contribution in [3.63, 3.8) is 0 Å². The van der Waals surface area contributed by atoms with E-state index in [-0.39, 0.29) is 6.01 Å². The topological polar surface area (TPSA) is 98.0 Å². The second-order valence-electron chi connectivity index (χ2n) is 5.29. The van der Waals surface area contributed by atoms with Crippen molar-refractivity contribution in [2.75, 3.05) is 24.4 Å².